The fraction of sp³-hybridized carbons (Fsp3) is 0.444. The van der Waals surface area contributed by atoms with Gasteiger partial charge >= 0.3 is 0 Å². The maximum absolute atomic E-state index is 11.5. The first-order chi connectivity index (χ1) is 6.15. The molecular weight excluding hydrogens is 232 g/mol. The van der Waals surface area contributed by atoms with E-state index >= 15 is 0 Å². The molecule has 13 heavy (non-hydrogen) atoms. The molecule has 0 radical (unpaired) electrons. The molecule has 0 aromatic carbocycles. The smallest absolute Gasteiger partial charge is 0.253 e. The Morgan fingerprint density at radius 2 is 2.31 bits per heavy atom. The van der Waals surface area contributed by atoms with Gasteiger partial charge in [0.1, 0.15) is 0 Å². The molecule has 0 saturated carbocycles. The first-order valence-electron chi connectivity index (χ1n) is 4.16. The lowest BCUT2D eigenvalue weighted by Crippen LogP contribution is -2.26. The zero-order valence-corrected chi connectivity index (χ0v) is 9.39. The first kappa shape index (κ1) is 10.5. The predicted molar refractivity (Wildman–Crippen MR) is 57.1 cm³/mol. The highest BCUT2D eigenvalue weighted by Gasteiger charge is 2.00. The lowest BCUT2D eigenvalue weighted by Gasteiger charge is -2.06. The zero-order valence-electron chi connectivity index (χ0n) is 7.80. The Morgan fingerprint density at radius 1 is 1.62 bits per heavy atom. The average Bonchev–Trinajstić information content (AvgIpc) is 2.09. The number of nitrogens with one attached hydrogen (secondary N) is 1. The molecule has 0 amide bonds. The van der Waals surface area contributed by atoms with Crippen molar-refractivity contribution in [3.8, 4) is 0 Å². The van der Waals surface area contributed by atoms with Crippen molar-refractivity contribution in [3.05, 3.63) is 32.7 Å². The molecule has 0 spiro atoms. The van der Waals surface area contributed by atoms with E-state index in [-0.39, 0.29) is 5.56 Å². The second-order valence-electron chi connectivity index (χ2n) is 2.94. The van der Waals surface area contributed by atoms with E-state index in [2.05, 4.69) is 21.2 Å². The Balaban J connectivity index is 2.99. The molecule has 4 heteroatoms. The third-order valence-electron chi connectivity index (χ3n) is 1.83. The number of nitrogens with zero attached hydrogens (tertiary/aromatic N) is 1. The van der Waals surface area contributed by atoms with Crippen LogP contribution in [0.2, 0.25) is 0 Å². The summed E-state index contributed by atoms with van der Waals surface area (Å²) >= 11 is 3.36. The van der Waals surface area contributed by atoms with Crippen molar-refractivity contribution in [1.82, 2.24) is 9.88 Å². The minimum atomic E-state index is 0.0819. The molecule has 0 saturated heterocycles. The predicted octanol–water partition coefficient (Wildman–Crippen LogP) is 1.14. The summed E-state index contributed by atoms with van der Waals surface area (Å²) in [4.78, 5) is 11.5. The standard InChI is InChI=1S/C9H13BrN2O/c1-7-5-8(10)6-12(9(7)13)4-3-11-2/h5-6,11H,3-4H2,1-2H3. The summed E-state index contributed by atoms with van der Waals surface area (Å²) in [6.07, 6.45) is 1.81. The van der Waals surface area contributed by atoms with Gasteiger partial charge in [0, 0.05) is 29.3 Å². The quantitative estimate of drug-likeness (QED) is 0.866. The lowest BCUT2D eigenvalue weighted by atomic mass is 10.3. The maximum Gasteiger partial charge on any atom is 0.253 e. The molecule has 0 aliphatic heterocycles. The van der Waals surface area contributed by atoms with Crippen LogP contribution >= 0.6 is 15.9 Å². The summed E-state index contributed by atoms with van der Waals surface area (Å²) in [6, 6.07) is 1.83. The third-order valence-corrected chi connectivity index (χ3v) is 2.27. The first-order valence-corrected chi connectivity index (χ1v) is 4.95. The molecule has 0 bridgehead atoms. The molecule has 0 atom stereocenters. The van der Waals surface area contributed by atoms with E-state index < -0.39 is 0 Å². The zero-order chi connectivity index (χ0) is 9.84. The molecule has 3 nitrogen and oxygen atoms in total. The topological polar surface area (TPSA) is 34.0 Å². The molecule has 1 aromatic rings. The van der Waals surface area contributed by atoms with Gasteiger partial charge in [0.2, 0.25) is 0 Å². The molecule has 1 N–H and O–H groups in total. The van der Waals surface area contributed by atoms with Crippen LogP contribution in [-0.4, -0.2) is 18.2 Å². The van der Waals surface area contributed by atoms with Gasteiger partial charge in [0.25, 0.3) is 5.56 Å². The Labute approximate surface area is 85.9 Å². The van der Waals surface area contributed by atoms with Gasteiger partial charge < -0.3 is 9.88 Å². The van der Waals surface area contributed by atoms with E-state index in [0.717, 1.165) is 16.6 Å². The molecule has 0 aliphatic carbocycles. The van der Waals surface area contributed by atoms with Gasteiger partial charge in [0.05, 0.1) is 0 Å². The Morgan fingerprint density at radius 3 is 2.92 bits per heavy atom. The van der Waals surface area contributed by atoms with Gasteiger partial charge in [-0.1, -0.05) is 0 Å². The lowest BCUT2D eigenvalue weighted by molar-refractivity contribution is 0.622. The van der Waals surface area contributed by atoms with Crippen molar-refractivity contribution in [2.45, 2.75) is 13.5 Å². The molecule has 0 aliphatic rings. The van der Waals surface area contributed by atoms with Crippen LogP contribution in [0.5, 0.6) is 0 Å². The summed E-state index contributed by atoms with van der Waals surface area (Å²) in [5.41, 5.74) is 0.851. The summed E-state index contributed by atoms with van der Waals surface area (Å²) in [6.45, 7) is 3.33. The summed E-state index contributed by atoms with van der Waals surface area (Å²) < 4.78 is 2.65. The van der Waals surface area contributed by atoms with E-state index in [1.165, 1.54) is 0 Å². The molecule has 72 valence electrons. The van der Waals surface area contributed by atoms with Crippen molar-refractivity contribution in [1.29, 1.82) is 0 Å². The molecular formula is C9H13BrN2O. The number of halogens is 1. The maximum atomic E-state index is 11.5. The Bertz CT molecular complexity index is 346. The highest BCUT2D eigenvalue weighted by atomic mass is 79.9. The van der Waals surface area contributed by atoms with Crippen LogP contribution in [0.25, 0.3) is 0 Å². The second-order valence-corrected chi connectivity index (χ2v) is 3.86. The minimum Gasteiger partial charge on any atom is -0.318 e. The fourth-order valence-corrected chi connectivity index (χ4v) is 1.73. The molecule has 0 fully saturated rings. The number of aryl methyl sites for hydroxylation is 1. The van der Waals surface area contributed by atoms with Crippen LogP contribution in [-0.2, 0) is 6.54 Å². The van der Waals surface area contributed by atoms with Crippen molar-refractivity contribution in [2.75, 3.05) is 13.6 Å². The normalized spacial score (nSPS) is 10.4. The van der Waals surface area contributed by atoms with Crippen molar-refractivity contribution in [3.63, 3.8) is 0 Å². The van der Waals surface area contributed by atoms with Crippen molar-refractivity contribution >= 4 is 15.9 Å². The molecule has 1 rings (SSSR count). The highest BCUT2D eigenvalue weighted by molar-refractivity contribution is 9.10. The van der Waals surface area contributed by atoms with Crippen LogP contribution < -0.4 is 10.9 Å². The van der Waals surface area contributed by atoms with E-state index in [9.17, 15) is 4.79 Å². The number of hydrogen-bond donors (Lipinski definition) is 1. The van der Waals surface area contributed by atoms with Crippen LogP contribution in [0.1, 0.15) is 5.56 Å². The van der Waals surface area contributed by atoms with Crippen molar-refractivity contribution < 1.29 is 0 Å². The number of hydrogen-bond acceptors (Lipinski definition) is 2. The van der Waals surface area contributed by atoms with Crippen molar-refractivity contribution in [2.24, 2.45) is 0 Å². The van der Waals surface area contributed by atoms with E-state index in [4.69, 9.17) is 0 Å². The van der Waals surface area contributed by atoms with Gasteiger partial charge in [-0.05, 0) is 36.0 Å². The average molecular weight is 245 g/mol. The Hall–Kier alpha value is -0.610. The largest absolute Gasteiger partial charge is 0.318 e. The fourth-order valence-electron chi connectivity index (χ4n) is 1.14. The summed E-state index contributed by atoms with van der Waals surface area (Å²) in [5, 5.41) is 3.01. The minimum absolute atomic E-state index is 0.0819. The summed E-state index contributed by atoms with van der Waals surface area (Å²) in [7, 11) is 1.87. The van der Waals surface area contributed by atoms with Gasteiger partial charge in [-0.2, -0.15) is 0 Å². The number of pyridine rings is 1. The van der Waals surface area contributed by atoms with E-state index in [1.807, 2.05) is 26.2 Å². The monoisotopic (exact) mass is 244 g/mol. The summed E-state index contributed by atoms with van der Waals surface area (Å²) in [5.74, 6) is 0. The molecule has 1 heterocycles. The van der Waals surface area contributed by atoms with Crippen LogP contribution in [0, 0.1) is 6.92 Å². The van der Waals surface area contributed by atoms with Gasteiger partial charge in [-0.15, -0.1) is 0 Å². The molecule has 1 aromatic heterocycles. The van der Waals surface area contributed by atoms with Gasteiger partial charge in [-0.25, -0.2) is 0 Å². The highest BCUT2D eigenvalue weighted by Crippen LogP contribution is 2.07. The van der Waals surface area contributed by atoms with Crippen LogP contribution in [0.3, 0.4) is 0 Å². The van der Waals surface area contributed by atoms with E-state index in [0.29, 0.717) is 6.54 Å². The molecule has 0 unspecified atom stereocenters. The van der Waals surface area contributed by atoms with Gasteiger partial charge in [0.15, 0.2) is 0 Å². The second kappa shape index (κ2) is 4.58. The van der Waals surface area contributed by atoms with Crippen LogP contribution in [0.4, 0.5) is 0 Å². The van der Waals surface area contributed by atoms with Gasteiger partial charge in [-0.3, -0.25) is 4.79 Å². The third kappa shape index (κ3) is 2.67. The number of rotatable bonds is 3. The number of likely N-dealkylation sites (N-methyl/N-ethyl adjacent to an activating group) is 1. The Kier molecular flexibility index (Phi) is 3.69. The number of aromatic nitrogens is 1. The van der Waals surface area contributed by atoms with Crippen LogP contribution in [0.15, 0.2) is 21.5 Å². The van der Waals surface area contributed by atoms with E-state index in [1.54, 1.807) is 4.57 Å². The SMILES string of the molecule is CNCCn1cc(Br)cc(C)c1=O.